The molecule has 2 atom stereocenters. The smallest absolute Gasteiger partial charge is 0.329 e. The maximum atomic E-state index is 12.5. The second kappa shape index (κ2) is 4.88. The van der Waals surface area contributed by atoms with Crippen LogP contribution in [0.25, 0.3) is 0 Å². The highest BCUT2D eigenvalue weighted by atomic mass is 16.4. The van der Waals surface area contributed by atoms with Crippen LogP contribution >= 0.6 is 0 Å². The van der Waals surface area contributed by atoms with Crippen LogP contribution in [0.4, 0.5) is 0 Å². The fourth-order valence-electron chi connectivity index (χ4n) is 3.05. The van der Waals surface area contributed by atoms with Crippen molar-refractivity contribution in [2.45, 2.75) is 38.1 Å². The van der Waals surface area contributed by atoms with E-state index in [9.17, 15) is 14.7 Å². The van der Waals surface area contributed by atoms with E-state index in [1.54, 1.807) is 11.8 Å². The molecule has 0 bridgehead atoms. The van der Waals surface area contributed by atoms with Gasteiger partial charge in [-0.1, -0.05) is 0 Å². The Bertz CT molecular complexity index is 358. The fraction of sp³-hybridized carbons (Fsp3) is 0.846. The number of carboxylic acids is 1. The summed E-state index contributed by atoms with van der Waals surface area (Å²) in [5.74, 6) is -0.863. The van der Waals surface area contributed by atoms with Crippen LogP contribution in [-0.4, -0.2) is 59.0 Å². The van der Waals surface area contributed by atoms with Crippen LogP contribution in [0.5, 0.6) is 0 Å². The summed E-state index contributed by atoms with van der Waals surface area (Å²) in [5.41, 5.74) is -1.00. The van der Waals surface area contributed by atoms with E-state index in [2.05, 4.69) is 4.90 Å². The zero-order chi connectivity index (χ0) is 13.3. The van der Waals surface area contributed by atoms with Gasteiger partial charge in [-0.3, -0.25) is 4.79 Å². The van der Waals surface area contributed by atoms with Crippen LogP contribution < -0.4 is 0 Å². The number of carbonyl (C=O) groups is 2. The maximum absolute atomic E-state index is 12.5. The van der Waals surface area contributed by atoms with Gasteiger partial charge in [0.1, 0.15) is 5.54 Å². The molecule has 102 valence electrons. The Morgan fingerprint density at radius 1 is 1.28 bits per heavy atom. The fourth-order valence-corrected chi connectivity index (χ4v) is 3.05. The molecule has 0 aromatic carbocycles. The Hall–Kier alpha value is -1.10. The Morgan fingerprint density at radius 3 is 2.56 bits per heavy atom. The van der Waals surface area contributed by atoms with E-state index in [0.29, 0.717) is 13.0 Å². The van der Waals surface area contributed by atoms with Crippen molar-refractivity contribution < 1.29 is 14.7 Å². The molecule has 2 saturated heterocycles. The number of nitrogens with zero attached hydrogens (tertiary/aromatic N) is 2. The van der Waals surface area contributed by atoms with Crippen molar-refractivity contribution >= 4 is 11.9 Å². The van der Waals surface area contributed by atoms with Crippen molar-refractivity contribution in [3.8, 4) is 0 Å². The summed E-state index contributed by atoms with van der Waals surface area (Å²) in [6, 6.07) is 0. The first kappa shape index (κ1) is 13.3. The molecule has 0 aliphatic carbocycles. The minimum atomic E-state index is -1.00. The number of aliphatic carboxylic acids is 1. The van der Waals surface area contributed by atoms with Gasteiger partial charge in [0, 0.05) is 13.1 Å². The van der Waals surface area contributed by atoms with Gasteiger partial charge in [0.25, 0.3) is 0 Å². The zero-order valence-electron chi connectivity index (χ0n) is 11.2. The van der Waals surface area contributed by atoms with Gasteiger partial charge < -0.3 is 14.9 Å². The van der Waals surface area contributed by atoms with E-state index in [0.717, 1.165) is 32.4 Å². The van der Waals surface area contributed by atoms with Gasteiger partial charge in [-0.2, -0.15) is 0 Å². The number of carbonyl (C=O) groups excluding carboxylic acids is 1. The molecule has 0 radical (unpaired) electrons. The number of piperidine rings is 1. The van der Waals surface area contributed by atoms with Gasteiger partial charge in [-0.25, -0.2) is 4.79 Å². The topological polar surface area (TPSA) is 60.9 Å². The molecule has 2 aliphatic rings. The highest BCUT2D eigenvalue weighted by Gasteiger charge is 2.46. The van der Waals surface area contributed by atoms with E-state index in [1.807, 2.05) is 7.05 Å². The van der Waals surface area contributed by atoms with E-state index >= 15 is 0 Å². The van der Waals surface area contributed by atoms with E-state index < -0.39 is 11.5 Å². The molecule has 2 aliphatic heterocycles. The van der Waals surface area contributed by atoms with Crippen LogP contribution in [0.15, 0.2) is 0 Å². The van der Waals surface area contributed by atoms with Gasteiger partial charge >= 0.3 is 5.97 Å². The zero-order valence-corrected chi connectivity index (χ0v) is 11.2. The Balaban J connectivity index is 2.14. The average Bonchev–Trinajstić information content (AvgIpc) is 2.75. The molecule has 5 nitrogen and oxygen atoms in total. The molecule has 0 aromatic heterocycles. The molecule has 2 fully saturated rings. The van der Waals surface area contributed by atoms with Gasteiger partial charge in [0.15, 0.2) is 0 Å². The first-order chi connectivity index (χ1) is 8.45. The largest absolute Gasteiger partial charge is 0.480 e. The maximum Gasteiger partial charge on any atom is 0.329 e. The third kappa shape index (κ3) is 2.23. The third-order valence-electron chi connectivity index (χ3n) is 4.36. The summed E-state index contributed by atoms with van der Waals surface area (Å²) in [4.78, 5) is 27.7. The van der Waals surface area contributed by atoms with Crippen molar-refractivity contribution in [3.05, 3.63) is 0 Å². The number of hydrogen-bond acceptors (Lipinski definition) is 3. The lowest BCUT2D eigenvalue weighted by molar-refractivity contribution is -0.162. The van der Waals surface area contributed by atoms with E-state index in [-0.39, 0.29) is 11.8 Å². The Labute approximate surface area is 108 Å². The minimum absolute atomic E-state index is 0.0215. The Kier molecular flexibility index (Phi) is 3.61. The summed E-state index contributed by atoms with van der Waals surface area (Å²) in [6.07, 6.45) is 3.21. The summed E-state index contributed by atoms with van der Waals surface area (Å²) < 4.78 is 0. The lowest BCUT2D eigenvalue weighted by atomic mass is 9.87. The van der Waals surface area contributed by atoms with E-state index in [4.69, 9.17) is 0 Å². The standard InChI is InChI=1S/C13H22N2O3/c1-13(12(17)18)6-3-4-7-15(13)11(16)10-5-8-14(2)9-10/h10H,3-9H2,1-2H3,(H,17,18). The first-order valence-electron chi connectivity index (χ1n) is 6.68. The van der Waals surface area contributed by atoms with E-state index in [1.165, 1.54) is 0 Å². The van der Waals surface area contributed by atoms with Gasteiger partial charge in [0.2, 0.25) is 5.91 Å². The third-order valence-corrected chi connectivity index (χ3v) is 4.36. The van der Waals surface area contributed by atoms with Crippen LogP contribution in [0, 0.1) is 5.92 Å². The molecule has 0 spiro atoms. The normalized spacial score (nSPS) is 33.7. The van der Waals surface area contributed by atoms with Crippen molar-refractivity contribution in [2.75, 3.05) is 26.7 Å². The van der Waals surface area contributed by atoms with Crippen LogP contribution in [0.3, 0.4) is 0 Å². The highest BCUT2D eigenvalue weighted by Crippen LogP contribution is 2.31. The molecule has 2 unspecified atom stereocenters. The average molecular weight is 254 g/mol. The number of amides is 1. The number of hydrogen-bond donors (Lipinski definition) is 1. The van der Waals surface area contributed by atoms with Crippen LogP contribution in [0.2, 0.25) is 0 Å². The lowest BCUT2D eigenvalue weighted by Gasteiger charge is -2.42. The summed E-state index contributed by atoms with van der Waals surface area (Å²) in [6.45, 7) is 3.95. The number of likely N-dealkylation sites (tertiary alicyclic amines) is 2. The SMILES string of the molecule is CN1CCC(C(=O)N2CCCCC2(C)C(=O)O)C1. The number of rotatable bonds is 2. The van der Waals surface area contributed by atoms with Crippen molar-refractivity contribution in [3.63, 3.8) is 0 Å². The predicted molar refractivity (Wildman–Crippen MR) is 67.2 cm³/mol. The van der Waals surface area contributed by atoms with Gasteiger partial charge in [-0.05, 0) is 46.2 Å². The summed E-state index contributed by atoms with van der Waals surface area (Å²) >= 11 is 0. The molecule has 18 heavy (non-hydrogen) atoms. The molecular weight excluding hydrogens is 232 g/mol. The predicted octanol–water partition coefficient (Wildman–Crippen LogP) is 0.794. The second-order valence-corrected chi connectivity index (χ2v) is 5.77. The first-order valence-corrected chi connectivity index (χ1v) is 6.68. The molecular formula is C13H22N2O3. The monoisotopic (exact) mass is 254 g/mol. The molecule has 2 rings (SSSR count). The molecule has 0 saturated carbocycles. The van der Waals surface area contributed by atoms with Crippen molar-refractivity contribution in [2.24, 2.45) is 5.92 Å². The Morgan fingerprint density at radius 2 is 2.00 bits per heavy atom. The minimum Gasteiger partial charge on any atom is -0.480 e. The molecule has 1 amide bonds. The van der Waals surface area contributed by atoms with Gasteiger partial charge in [-0.15, -0.1) is 0 Å². The second-order valence-electron chi connectivity index (χ2n) is 5.77. The highest BCUT2D eigenvalue weighted by molar-refractivity contribution is 5.88. The quantitative estimate of drug-likeness (QED) is 0.791. The molecule has 1 N–H and O–H groups in total. The molecule has 2 heterocycles. The number of carboxylic acid groups (broad SMARTS) is 1. The van der Waals surface area contributed by atoms with Gasteiger partial charge in [0.05, 0.1) is 5.92 Å². The summed E-state index contributed by atoms with van der Waals surface area (Å²) in [7, 11) is 2.00. The lowest BCUT2D eigenvalue weighted by Crippen LogP contribution is -2.59. The molecule has 5 heteroatoms. The van der Waals surface area contributed by atoms with Crippen molar-refractivity contribution in [1.82, 2.24) is 9.80 Å². The van der Waals surface area contributed by atoms with Crippen LogP contribution in [0.1, 0.15) is 32.6 Å². The summed E-state index contributed by atoms with van der Waals surface area (Å²) in [5, 5.41) is 9.41. The van der Waals surface area contributed by atoms with Crippen LogP contribution in [-0.2, 0) is 9.59 Å². The molecule has 0 aromatic rings. The van der Waals surface area contributed by atoms with Crippen molar-refractivity contribution in [1.29, 1.82) is 0 Å².